The summed E-state index contributed by atoms with van der Waals surface area (Å²) in [5, 5.41) is 0. The number of hydrogen-bond acceptors (Lipinski definition) is 4. The Balaban J connectivity index is 3.07. The fourth-order valence-electron chi connectivity index (χ4n) is 1.35. The van der Waals surface area contributed by atoms with Crippen molar-refractivity contribution in [1.29, 1.82) is 0 Å². The Morgan fingerprint density at radius 2 is 2.00 bits per heavy atom. The highest BCUT2D eigenvalue weighted by Crippen LogP contribution is 2.24. The van der Waals surface area contributed by atoms with Gasteiger partial charge in [-0.2, -0.15) is 0 Å². The maximum Gasteiger partial charge on any atom is 0.232 e. The smallest absolute Gasteiger partial charge is 0.232 e. The van der Waals surface area contributed by atoms with Crippen molar-refractivity contribution in [2.45, 2.75) is 0 Å². The Hall–Kier alpha value is -1.27. The Kier molecular flexibility index (Phi) is 4.14. The van der Waals surface area contributed by atoms with E-state index in [-0.39, 0.29) is 6.54 Å². The molecular formula is C10H16N2O3S. The van der Waals surface area contributed by atoms with Gasteiger partial charge in [-0.3, -0.25) is 4.31 Å². The number of anilines is 2. The van der Waals surface area contributed by atoms with Gasteiger partial charge in [0.05, 0.1) is 30.8 Å². The van der Waals surface area contributed by atoms with Gasteiger partial charge < -0.3 is 10.5 Å². The summed E-state index contributed by atoms with van der Waals surface area (Å²) in [4.78, 5) is 0. The van der Waals surface area contributed by atoms with E-state index in [2.05, 4.69) is 0 Å². The maximum absolute atomic E-state index is 11.6. The highest BCUT2D eigenvalue weighted by molar-refractivity contribution is 7.92. The fraction of sp³-hybridized carbons (Fsp3) is 0.400. The Morgan fingerprint density at radius 1 is 1.38 bits per heavy atom. The summed E-state index contributed by atoms with van der Waals surface area (Å²) in [6, 6.07) is 6.85. The molecule has 1 aromatic carbocycles. The number of nitrogen functional groups attached to an aromatic ring is 1. The van der Waals surface area contributed by atoms with Crippen LogP contribution in [0.3, 0.4) is 0 Å². The molecule has 0 unspecified atom stereocenters. The van der Waals surface area contributed by atoms with Gasteiger partial charge in [0.2, 0.25) is 10.0 Å². The van der Waals surface area contributed by atoms with Crippen molar-refractivity contribution in [2.75, 3.05) is 36.6 Å². The molecule has 16 heavy (non-hydrogen) atoms. The lowest BCUT2D eigenvalue weighted by Crippen LogP contribution is -2.33. The molecule has 0 bridgehead atoms. The molecular weight excluding hydrogens is 228 g/mol. The summed E-state index contributed by atoms with van der Waals surface area (Å²) >= 11 is 0. The number of ether oxygens (including phenoxy) is 1. The SMILES string of the molecule is COCCN(c1ccccc1N)S(C)(=O)=O. The van der Waals surface area contributed by atoms with Crippen LogP contribution in [0.25, 0.3) is 0 Å². The second-order valence-corrected chi connectivity index (χ2v) is 5.29. The van der Waals surface area contributed by atoms with Crippen LogP contribution in [0.15, 0.2) is 24.3 Å². The molecule has 90 valence electrons. The first-order chi connectivity index (χ1) is 7.46. The summed E-state index contributed by atoms with van der Waals surface area (Å²) in [6.45, 7) is 0.574. The van der Waals surface area contributed by atoms with Gasteiger partial charge >= 0.3 is 0 Å². The van der Waals surface area contributed by atoms with Crippen LogP contribution in [-0.4, -0.2) is 34.9 Å². The zero-order valence-corrected chi connectivity index (χ0v) is 10.2. The van der Waals surface area contributed by atoms with Crippen molar-refractivity contribution in [3.63, 3.8) is 0 Å². The monoisotopic (exact) mass is 244 g/mol. The van der Waals surface area contributed by atoms with E-state index < -0.39 is 10.0 Å². The lowest BCUT2D eigenvalue weighted by Gasteiger charge is -2.23. The van der Waals surface area contributed by atoms with Crippen molar-refractivity contribution in [2.24, 2.45) is 0 Å². The third-order valence-electron chi connectivity index (χ3n) is 2.10. The van der Waals surface area contributed by atoms with E-state index in [1.165, 1.54) is 11.4 Å². The molecule has 5 nitrogen and oxygen atoms in total. The van der Waals surface area contributed by atoms with Gasteiger partial charge in [0.15, 0.2) is 0 Å². The zero-order valence-electron chi connectivity index (χ0n) is 9.38. The van der Waals surface area contributed by atoms with Crippen LogP contribution >= 0.6 is 0 Å². The normalized spacial score (nSPS) is 11.4. The average molecular weight is 244 g/mol. The van der Waals surface area contributed by atoms with Crippen molar-refractivity contribution < 1.29 is 13.2 Å². The number of methoxy groups -OCH3 is 1. The minimum absolute atomic E-state index is 0.254. The number of benzene rings is 1. The first-order valence-electron chi connectivity index (χ1n) is 4.78. The first kappa shape index (κ1) is 12.8. The molecule has 6 heteroatoms. The van der Waals surface area contributed by atoms with Crippen molar-refractivity contribution in [3.8, 4) is 0 Å². The summed E-state index contributed by atoms with van der Waals surface area (Å²) < 4.78 is 29.3. The van der Waals surface area contributed by atoms with Gasteiger partial charge in [-0.1, -0.05) is 12.1 Å². The summed E-state index contributed by atoms with van der Waals surface area (Å²) in [7, 11) is -1.82. The third kappa shape index (κ3) is 3.11. The Labute approximate surface area is 95.9 Å². The van der Waals surface area contributed by atoms with Gasteiger partial charge in [-0.05, 0) is 12.1 Å². The molecule has 0 saturated heterocycles. The van der Waals surface area contributed by atoms with Gasteiger partial charge in [-0.15, -0.1) is 0 Å². The summed E-state index contributed by atoms with van der Waals surface area (Å²) in [6.07, 6.45) is 1.15. The molecule has 0 spiro atoms. The molecule has 0 aliphatic carbocycles. The predicted molar refractivity (Wildman–Crippen MR) is 64.9 cm³/mol. The van der Waals surface area contributed by atoms with E-state index in [0.29, 0.717) is 18.0 Å². The largest absolute Gasteiger partial charge is 0.397 e. The molecule has 0 radical (unpaired) electrons. The number of rotatable bonds is 5. The zero-order chi connectivity index (χ0) is 12.2. The average Bonchev–Trinajstić information content (AvgIpc) is 2.19. The lowest BCUT2D eigenvalue weighted by molar-refractivity contribution is 0.208. The Morgan fingerprint density at radius 3 is 2.50 bits per heavy atom. The van der Waals surface area contributed by atoms with Gasteiger partial charge in [0.25, 0.3) is 0 Å². The Bertz CT molecular complexity index is 445. The molecule has 0 atom stereocenters. The summed E-state index contributed by atoms with van der Waals surface area (Å²) in [5.41, 5.74) is 6.67. The maximum atomic E-state index is 11.6. The number of hydrogen-bond donors (Lipinski definition) is 1. The molecule has 0 amide bonds. The van der Waals surface area contributed by atoms with Crippen molar-refractivity contribution in [1.82, 2.24) is 0 Å². The number of nitrogens with zero attached hydrogens (tertiary/aromatic N) is 1. The lowest BCUT2D eigenvalue weighted by atomic mass is 10.3. The third-order valence-corrected chi connectivity index (χ3v) is 3.28. The first-order valence-corrected chi connectivity index (χ1v) is 6.63. The molecule has 0 heterocycles. The molecule has 0 aromatic heterocycles. The van der Waals surface area contributed by atoms with Crippen LogP contribution in [0.1, 0.15) is 0 Å². The van der Waals surface area contributed by atoms with Crippen LogP contribution in [-0.2, 0) is 14.8 Å². The molecule has 0 aliphatic rings. The van der Waals surface area contributed by atoms with Crippen LogP contribution < -0.4 is 10.0 Å². The second kappa shape index (κ2) is 5.18. The highest BCUT2D eigenvalue weighted by Gasteiger charge is 2.18. The van der Waals surface area contributed by atoms with Crippen LogP contribution in [0, 0.1) is 0 Å². The number of nitrogens with two attached hydrogens (primary N) is 1. The van der Waals surface area contributed by atoms with Crippen LogP contribution in [0.5, 0.6) is 0 Å². The molecule has 2 N–H and O–H groups in total. The number of para-hydroxylation sites is 2. The molecule has 0 saturated carbocycles. The van der Waals surface area contributed by atoms with E-state index in [4.69, 9.17) is 10.5 Å². The van der Waals surface area contributed by atoms with Crippen molar-refractivity contribution in [3.05, 3.63) is 24.3 Å². The van der Waals surface area contributed by atoms with Crippen LogP contribution in [0.2, 0.25) is 0 Å². The van der Waals surface area contributed by atoms with Gasteiger partial charge in [0.1, 0.15) is 0 Å². The quantitative estimate of drug-likeness (QED) is 0.773. The predicted octanol–water partition coefficient (Wildman–Crippen LogP) is 0.681. The summed E-state index contributed by atoms with van der Waals surface area (Å²) in [5.74, 6) is 0. The van der Waals surface area contributed by atoms with Crippen LogP contribution in [0.4, 0.5) is 11.4 Å². The van der Waals surface area contributed by atoms with E-state index in [0.717, 1.165) is 6.26 Å². The minimum atomic E-state index is -3.34. The molecule has 1 rings (SSSR count). The topological polar surface area (TPSA) is 72.6 Å². The minimum Gasteiger partial charge on any atom is -0.397 e. The van der Waals surface area contributed by atoms with Crippen molar-refractivity contribution >= 4 is 21.4 Å². The second-order valence-electron chi connectivity index (χ2n) is 3.39. The standard InChI is InChI=1S/C10H16N2O3S/c1-15-8-7-12(16(2,13)14)10-6-4-3-5-9(10)11/h3-6H,7-8,11H2,1-2H3. The van der Waals surface area contributed by atoms with E-state index in [1.54, 1.807) is 24.3 Å². The fourth-order valence-corrected chi connectivity index (χ4v) is 2.28. The molecule has 0 fully saturated rings. The van der Waals surface area contributed by atoms with E-state index in [1.807, 2.05) is 0 Å². The van der Waals surface area contributed by atoms with E-state index in [9.17, 15) is 8.42 Å². The highest BCUT2D eigenvalue weighted by atomic mass is 32.2. The van der Waals surface area contributed by atoms with Gasteiger partial charge in [0, 0.05) is 7.11 Å². The molecule has 0 aliphatic heterocycles. The molecule has 1 aromatic rings. The number of sulfonamides is 1. The van der Waals surface area contributed by atoms with E-state index >= 15 is 0 Å². The van der Waals surface area contributed by atoms with Gasteiger partial charge in [-0.25, -0.2) is 8.42 Å².